The van der Waals surface area contributed by atoms with Crippen LogP contribution < -0.4 is 0 Å². The van der Waals surface area contributed by atoms with Gasteiger partial charge in [0.25, 0.3) is 0 Å². The molecule has 0 N–H and O–H groups in total. The third-order valence-electron chi connectivity index (χ3n) is 0.622. The average molecular weight is 318 g/mol. The molecule has 0 unspecified atom stereocenters. The maximum atomic E-state index is 7.38. The monoisotopic (exact) mass is 315 g/mol. The van der Waals surface area contributed by atoms with E-state index in [4.69, 9.17) is 2.74 Å². The molecule has 0 aliphatic heterocycles. The molecule has 0 saturated carbocycles. The zero-order valence-electron chi connectivity index (χ0n) is 6.08. The molecule has 1 heterocycles. The van der Waals surface area contributed by atoms with Gasteiger partial charge in [-0.25, -0.2) is 4.98 Å². The molecule has 0 spiro atoms. The van der Waals surface area contributed by atoms with Crippen molar-refractivity contribution >= 4 is 47.8 Å². The third kappa shape index (κ3) is 2.35. The summed E-state index contributed by atoms with van der Waals surface area (Å²) in [5.74, 6) is 0. The van der Waals surface area contributed by atoms with E-state index in [1.54, 1.807) is 0 Å². The van der Waals surface area contributed by atoms with Gasteiger partial charge in [-0.1, -0.05) is 15.9 Å². The van der Waals surface area contributed by atoms with Crippen molar-refractivity contribution in [2.45, 2.75) is 0 Å². The Morgan fingerprint density at radius 2 is 1.67 bits per heavy atom. The summed E-state index contributed by atoms with van der Waals surface area (Å²) in [6.45, 7) is 0. The van der Waals surface area contributed by atoms with Crippen LogP contribution in [0, 0.1) is 0 Å². The van der Waals surface area contributed by atoms with Gasteiger partial charge in [0.15, 0.2) is 0 Å². The smallest absolute Gasteiger partial charge is 0.108 e. The number of hydrogen-bond donors (Lipinski definition) is 0. The van der Waals surface area contributed by atoms with Gasteiger partial charge < -0.3 is 0 Å². The lowest BCUT2D eigenvalue weighted by Crippen LogP contribution is -1.75. The number of halogens is 3. The van der Waals surface area contributed by atoms with Gasteiger partial charge in [-0.2, -0.15) is 0 Å². The standard InChI is InChI=1S/C5H2Br3N/c6-3-1-4(7)9-5(8)2-3/h1-2H/i1D,2D. The topological polar surface area (TPSA) is 12.9 Å². The highest BCUT2D eigenvalue weighted by Crippen LogP contribution is 2.19. The fraction of sp³-hybridized carbons (Fsp3) is 0. The van der Waals surface area contributed by atoms with Crippen LogP contribution in [0.5, 0.6) is 0 Å². The van der Waals surface area contributed by atoms with Crippen LogP contribution >= 0.6 is 47.8 Å². The van der Waals surface area contributed by atoms with Gasteiger partial charge in [0.05, 0.1) is 2.74 Å². The normalized spacial score (nSPS) is 12.8. The predicted octanol–water partition coefficient (Wildman–Crippen LogP) is 3.37. The van der Waals surface area contributed by atoms with Crippen LogP contribution in [-0.4, -0.2) is 4.98 Å². The van der Waals surface area contributed by atoms with Gasteiger partial charge in [0.1, 0.15) is 9.21 Å². The zero-order valence-corrected chi connectivity index (χ0v) is 8.84. The molecule has 9 heavy (non-hydrogen) atoms. The van der Waals surface area contributed by atoms with E-state index in [1.165, 1.54) is 0 Å². The summed E-state index contributed by atoms with van der Waals surface area (Å²) in [5, 5.41) is 0. The fourth-order valence-electron chi connectivity index (χ4n) is 0.354. The van der Waals surface area contributed by atoms with Crippen molar-refractivity contribution in [1.29, 1.82) is 0 Å². The van der Waals surface area contributed by atoms with Crippen LogP contribution in [0.3, 0.4) is 0 Å². The number of hydrogen-bond acceptors (Lipinski definition) is 1. The van der Waals surface area contributed by atoms with Gasteiger partial charge in [-0.3, -0.25) is 0 Å². The van der Waals surface area contributed by atoms with Crippen molar-refractivity contribution in [2.24, 2.45) is 0 Å². The molecular weight excluding hydrogens is 314 g/mol. The van der Waals surface area contributed by atoms with Crippen molar-refractivity contribution < 1.29 is 2.74 Å². The molecule has 0 saturated heterocycles. The van der Waals surface area contributed by atoms with E-state index >= 15 is 0 Å². The van der Waals surface area contributed by atoms with Crippen LogP contribution in [0.1, 0.15) is 2.74 Å². The van der Waals surface area contributed by atoms with Gasteiger partial charge in [-0.15, -0.1) is 0 Å². The molecule has 1 nitrogen and oxygen atoms in total. The maximum absolute atomic E-state index is 7.38. The molecular formula is C5H2Br3N. The highest BCUT2D eigenvalue weighted by Gasteiger charge is 1.93. The van der Waals surface area contributed by atoms with Crippen LogP contribution in [0.25, 0.3) is 0 Å². The minimum Gasteiger partial charge on any atom is -0.234 e. The third-order valence-corrected chi connectivity index (χ3v) is 1.77. The largest absolute Gasteiger partial charge is 0.234 e. The molecule has 0 aromatic carbocycles. The molecule has 48 valence electrons. The Hall–Kier alpha value is 0.590. The van der Waals surface area contributed by atoms with E-state index in [-0.39, 0.29) is 12.1 Å². The Labute approximate surface area is 81.1 Å². The summed E-state index contributed by atoms with van der Waals surface area (Å²) in [5.41, 5.74) is 0. The Bertz CT molecular complexity index is 276. The molecule has 1 aromatic rings. The van der Waals surface area contributed by atoms with Crippen molar-refractivity contribution in [2.75, 3.05) is 0 Å². The first-order valence-electron chi connectivity index (χ1n) is 3.01. The molecule has 0 radical (unpaired) electrons. The lowest BCUT2D eigenvalue weighted by atomic mass is 10.5. The van der Waals surface area contributed by atoms with E-state index in [0.717, 1.165) is 0 Å². The second-order valence-corrected chi connectivity index (χ2v) is 3.55. The summed E-state index contributed by atoms with van der Waals surface area (Å²) in [6, 6.07) is 0.386. The summed E-state index contributed by atoms with van der Waals surface area (Å²) in [4.78, 5) is 3.86. The van der Waals surface area contributed by atoms with Gasteiger partial charge in [-0.05, 0) is 43.9 Å². The number of pyridine rings is 1. The quantitative estimate of drug-likeness (QED) is 0.669. The molecule has 0 aliphatic rings. The zero-order chi connectivity index (χ0) is 8.59. The van der Waals surface area contributed by atoms with E-state index in [0.29, 0.717) is 13.7 Å². The molecule has 1 rings (SSSR count). The molecule has 1 aromatic heterocycles. The second-order valence-electron chi connectivity index (χ2n) is 1.26. The molecule has 4 heteroatoms. The lowest BCUT2D eigenvalue weighted by molar-refractivity contribution is 1.22. The number of rotatable bonds is 0. The lowest BCUT2D eigenvalue weighted by Gasteiger charge is -1.91. The predicted molar refractivity (Wildman–Crippen MR) is 47.3 cm³/mol. The van der Waals surface area contributed by atoms with Gasteiger partial charge in [0, 0.05) is 4.47 Å². The minimum absolute atomic E-state index is 0.193. The SMILES string of the molecule is [2H]c1c(Br)nc(Br)c([2H])c1Br. The molecule has 0 bridgehead atoms. The van der Waals surface area contributed by atoms with Crippen LogP contribution in [0.2, 0.25) is 0 Å². The highest BCUT2D eigenvalue weighted by atomic mass is 79.9. The molecule has 0 atom stereocenters. The first-order chi connectivity index (χ1) is 5.04. The molecule has 0 amide bonds. The average Bonchev–Trinajstić information content (AvgIpc) is 1.97. The Kier molecular flexibility index (Phi) is 1.83. The number of aromatic nitrogens is 1. The molecule has 0 fully saturated rings. The van der Waals surface area contributed by atoms with E-state index in [9.17, 15) is 0 Å². The van der Waals surface area contributed by atoms with Crippen LogP contribution in [0.4, 0.5) is 0 Å². The summed E-state index contributed by atoms with van der Waals surface area (Å²) >= 11 is 9.28. The van der Waals surface area contributed by atoms with E-state index in [1.807, 2.05) is 0 Å². The fourth-order valence-corrected chi connectivity index (χ4v) is 2.25. The van der Waals surface area contributed by atoms with Crippen LogP contribution in [0.15, 0.2) is 25.8 Å². The minimum atomic E-state index is 0.193. The van der Waals surface area contributed by atoms with Crippen molar-refractivity contribution in [3.63, 3.8) is 0 Å². The van der Waals surface area contributed by atoms with Crippen molar-refractivity contribution in [3.05, 3.63) is 25.8 Å². The second kappa shape index (κ2) is 3.12. The van der Waals surface area contributed by atoms with Crippen molar-refractivity contribution in [3.8, 4) is 0 Å². The summed E-state index contributed by atoms with van der Waals surface area (Å²) < 4.78 is 16.1. The Morgan fingerprint density at radius 1 is 1.22 bits per heavy atom. The highest BCUT2D eigenvalue weighted by molar-refractivity contribution is 9.11. The summed E-state index contributed by atoms with van der Waals surface area (Å²) in [7, 11) is 0. The van der Waals surface area contributed by atoms with Gasteiger partial charge in [0.2, 0.25) is 0 Å². The Balaban J connectivity index is 3.46. The maximum Gasteiger partial charge on any atom is 0.108 e. The summed E-state index contributed by atoms with van der Waals surface area (Å²) in [6.07, 6.45) is 0. The first kappa shape index (κ1) is 5.27. The van der Waals surface area contributed by atoms with E-state index in [2.05, 4.69) is 52.8 Å². The van der Waals surface area contributed by atoms with Gasteiger partial charge >= 0.3 is 0 Å². The van der Waals surface area contributed by atoms with Crippen molar-refractivity contribution in [1.82, 2.24) is 4.98 Å². The van der Waals surface area contributed by atoms with Crippen LogP contribution in [-0.2, 0) is 0 Å². The number of nitrogens with zero attached hydrogens (tertiary/aromatic N) is 1. The molecule has 0 aliphatic carbocycles. The Morgan fingerprint density at radius 3 is 2.11 bits per heavy atom. The van der Waals surface area contributed by atoms with E-state index < -0.39 is 0 Å². The first-order valence-corrected chi connectivity index (χ1v) is 4.39.